The van der Waals surface area contributed by atoms with Crippen molar-refractivity contribution in [3.63, 3.8) is 0 Å². The van der Waals surface area contributed by atoms with Gasteiger partial charge in [-0.25, -0.2) is 4.79 Å². The van der Waals surface area contributed by atoms with Gasteiger partial charge in [0, 0.05) is 5.39 Å². The SMILES string of the molecule is CC(C)(C)OC(=O)c1ccc2[nH]nc(N)c2c1. The second-order valence-electron chi connectivity index (χ2n) is 4.87. The number of nitrogen functional groups attached to an aromatic ring is 1. The van der Waals surface area contributed by atoms with Crippen LogP contribution in [0.4, 0.5) is 5.82 Å². The van der Waals surface area contributed by atoms with Gasteiger partial charge >= 0.3 is 5.97 Å². The number of H-pyrrole nitrogens is 1. The molecule has 1 heterocycles. The Labute approximate surface area is 98.9 Å². The normalized spacial score (nSPS) is 11.7. The maximum Gasteiger partial charge on any atom is 0.338 e. The van der Waals surface area contributed by atoms with Gasteiger partial charge in [-0.05, 0) is 39.0 Å². The van der Waals surface area contributed by atoms with Gasteiger partial charge in [0.1, 0.15) is 5.60 Å². The number of hydrogen-bond donors (Lipinski definition) is 2. The molecule has 0 radical (unpaired) electrons. The van der Waals surface area contributed by atoms with Gasteiger partial charge in [-0.2, -0.15) is 5.10 Å². The predicted molar refractivity (Wildman–Crippen MR) is 65.7 cm³/mol. The molecule has 0 bridgehead atoms. The Morgan fingerprint density at radius 2 is 2.12 bits per heavy atom. The lowest BCUT2D eigenvalue weighted by atomic mass is 10.1. The van der Waals surface area contributed by atoms with Crippen molar-refractivity contribution >= 4 is 22.7 Å². The first-order chi connectivity index (χ1) is 7.87. The zero-order valence-electron chi connectivity index (χ0n) is 10.1. The summed E-state index contributed by atoms with van der Waals surface area (Å²) in [5.41, 5.74) is 6.45. The lowest BCUT2D eigenvalue weighted by Crippen LogP contribution is -2.23. The molecule has 0 atom stereocenters. The van der Waals surface area contributed by atoms with E-state index in [-0.39, 0.29) is 5.97 Å². The Kier molecular flexibility index (Phi) is 2.53. The number of anilines is 1. The molecule has 2 rings (SSSR count). The van der Waals surface area contributed by atoms with Crippen LogP contribution in [0.25, 0.3) is 10.9 Å². The van der Waals surface area contributed by atoms with E-state index in [2.05, 4.69) is 10.2 Å². The Hall–Kier alpha value is -2.04. The van der Waals surface area contributed by atoms with Gasteiger partial charge in [0.25, 0.3) is 0 Å². The third kappa shape index (κ3) is 2.38. The fraction of sp³-hybridized carbons (Fsp3) is 0.333. The van der Waals surface area contributed by atoms with Crippen LogP contribution in [0.5, 0.6) is 0 Å². The molecular weight excluding hydrogens is 218 g/mol. The lowest BCUT2D eigenvalue weighted by Gasteiger charge is -2.19. The van der Waals surface area contributed by atoms with E-state index in [9.17, 15) is 4.79 Å². The number of nitrogens with zero attached hydrogens (tertiary/aromatic N) is 1. The first-order valence-corrected chi connectivity index (χ1v) is 5.34. The smallest absolute Gasteiger partial charge is 0.338 e. The molecule has 0 saturated heterocycles. The summed E-state index contributed by atoms with van der Waals surface area (Å²) >= 11 is 0. The summed E-state index contributed by atoms with van der Waals surface area (Å²) in [6.07, 6.45) is 0. The summed E-state index contributed by atoms with van der Waals surface area (Å²) in [6.45, 7) is 5.49. The molecule has 0 spiro atoms. The second-order valence-corrected chi connectivity index (χ2v) is 4.87. The highest BCUT2D eigenvalue weighted by Gasteiger charge is 2.18. The number of hydrogen-bond acceptors (Lipinski definition) is 4. The molecule has 1 aromatic carbocycles. The lowest BCUT2D eigenvalue weighted by molar-refractivity contribution is 0.00697. The highest BCUT2D eigenvalue weighted by Crippen LogP contribution is 2.20. The fourth-order valence-electron chi connectivity index (χ4n) is 1.50. The highest BCUT2D eigenvalue weighted by molar-refractivity contribution is 5.97. The maximum absolute atomic E-state index is 11.8. The summed E-state index contributed by atoms with van der Waals surface area (Å²) in [4.78, 5) is 11.8. The number of carbonyl (C=O) groups is 1. The van der Waals surface area contributed by atoms with Crippen LogP contribution in [0.1, 0.15) is 31.1 Å². The van der Waals surface area contributed by atoms with E-state index in [1.54, 1.807) is 18.2 Å². The van der Waals surface area contributed by atoms with Gasteiger partial charge in [-0.1, -0.05) is 0 Å². The molecule has 1 aromatic heterocycles. The number of nitrogens with one attached hydrogen (secondary N) is 1. The van der Waals surface area contributed by atoms with E-state index in [0.29, 0.717) is 11.4 Å². The van der Waals surface area contributed by atoms with E-state index >= 15 is 0 Å². The first kappa shape index (κ1) is 11.4. The summed E-state index contributed by atoms with van der Waals surface area (Å²) in [5.74, 6) is 0.0189. The monoisotopic (exact) mass is 233 g/mol. The molecule has 5 nitrogen and oxygen atoms in total. The molecule has 90 valence electrons. The zero-order valence-corrected chi connectivity index (χ0v) is 10.1. The second kappa shape index (κ2) is 3.76. The number of carbonyl (C=O) groups excluding carboxylic acids is 1. The van der Waals surface area contributed by atoms with Crippen LogP contribution in [0, 0.1) is 0 Å². The third-order valence-corrected chi connectivity index (χ3v) is 2.23. The van der Waals surface area contributed by atoms with E-state index in [0.717, 1.165) is 10.9 Å². The molecule has 0 aliphatic rings. The van der Waals surface area contributed by atoms with Crippen LogP contribution < -0.4 is 5.73 Å². The van der Waals surface area contributed by atoms with Gasteiger partial charge in [-0.15, -0.1) is 0 Å². The highest BCUT2D eigenvalue weighted by atomic mass is 16.6. The number of fused-ring (bicyclic) bond motifs is 1. The molecule has 2 aromatic rings. The largest absolute Gasteiger partial charge is 0.456 e. The number of ether oxygens (including phenoxy) is 1. The molecule has 5 heteroatoms. The summed E-state index contributed by atoms with van der Waals surface area (Å²) in [6, 6.07) is 5.13. The topological polar surface area (TPSA) is 81.0 Å². The molecule has 0 aliphatic heterocycles. The number of esters is 1. The van der Waals surface area contributed by atoms with Crippen LogP contribution in [0.3, 0.4) is 0 Å². The minimum atomic E-state index is -0.506. The molecule has 0 fully saturated rings. The molecule has 3 N–H and O–H groups in total. The maximum atomic E-state index is 11.8. The van der Waals surface area contributed by atoms with Crippen molar-refractivity contribution < 1.29 is 9.53 Å². The Morgan fingerprint density at radius 1 is 1.41 bits per heavy atom. The predicted octanol–water partition coefficient (Wildman–Crippen LogP) is 2.10. The van der Waals surface area contributed by atoms with Crippen LogP contribution in [-0.2, 0) is 4.74 Å². The third-order valence-electron chi connectivity index (χ3n) is 2.23. The van der Waals surface area contributed by atoms with Gasteiger partial charge < -0.3 is 10.5 Å². The average Bonchev–Trinajstić information content (AvgIpc) is 2.57. The summed E-state index contributed by atoms with van der Waals surface area (Å²) < 4.78 is 5.28. The van der Waals surface area contributed by atoms with E-state index in [4.69, 9.17) is 10.5 Å². The number of aromatic nitrogens is 2. The standard InChI is InChI=1S/C12H15N3O2/c1-12(2,3)17-11(16)7-4-5-9-8(6-7)10(13)15-14-9/h4-6H,1-3H3,(H3,13,14,15). The minimum absolute atomic E-state index is 0.361. The van der Waals surface area contributed by atoms with E-state index in [1.165, 1.54) is 0 Å². The Bertz CT molecular complexity index is 567. The Morgan fingerprint density at radius 3 is 2.76 bits per heavy atom. The fourth-order valence-corrected chi connectivity index (χ4v) is 1.50. The molecular formula is C12H15N3O2. The van der Waals surface area contributed by atoms with Crippen LogP contribution in [0.2, 0.25) is 0 Å². The molecule has 0 aliphatic carbocycles. The van der Waals surface area contributed by atoms with Crippen molar-refractivity contribution in [2.45, 2.75) is 26.4 Å². The van der Waals surface area contributed by atoms with Crippen LogP contribution in [0.15, 0.2) is 18.2 Å². The zero-order chi connectivity index (χ0) is 12.6. The van der Waals surface area contributed by atoms with Crippen molar-refractivity contribution in [2.75, 3.05) is 5.73 Å². The van der Waals surface area contributed by atoms with Gasteiger partial charge in [-0.3, -0.25) is 5.10 Å². The summed E-state index contributed by atoms with van der Waals surface area (Å²) in [7, 11) is 0. The molecule has 0 amide bonds. The number of aromatic amines is 1. The van der Waals surface area contributed by atoms with Gasteiger partial charge in [0.2, 0.25) is 0 Å². The van der Waals surface area contributed by atoms with Crippen molar-refractivity contribution in [3.05, 3.63) is 23.8 Å². The van der Waals surface area contributed by atoms with Gasteiger partial charge in [0.15, 0.2) is 5.82 Å². The van der Waals surface area contributed by atoms with Crippen molar-refractivity contribution in [3.8, 4) is 0 Å². The van der Waals surface area contributed by atoms with Crippen LogP contribution >= 0.6 is 0 Å². The Balaban J connectivity index is 2.36. The average molecular weight is 233 g/mol. The quantitative estimate of drug-likeness (QED) is 0.739. The minimum Gasteiger partial charge on any atom is -0.456 e. The summed E-state index contributed by atoms with van der Waals surface area (Å²) in [5, 5.41) is 7.38. The van der Waals surface area contributed by atoms with Crippen LogP contribution in [-0.4, -0.2) is 21.8 Å². The van der Waals surface area contributed by atoms with E-state index < -0.39 is 5.60 Å². The number of benzene rings is 1. The first-order valence-electron chi connectivity index (χ1n) is 5.34. The van der Waals surface area contributed by atoms with E-state index in [1.807, 2.05) is 20.8 Å². The van der Waals surface area contributed by atoms with Crippen molar-refractivity contribution in [1.29, 1.82) is 0 Å². The number of rotatable bonds is 1. The van der Waals surface area contributed by atoms with Crippen molar-refractivity contribution in [2.24, 2.45) is 0 Å². The number of nitrogens with two attached hydrogens (primary N) is 1. The van der Waals surface area contributed by atoms with Crippen molar-refractivity contribution in [1.82, 2.24) is 10.2 Å². The molecule has 0 saturated carbocycles. The van der Waals surface area contributed by atoms with Gasteiger partial charge in [0.05, 0.1) is 11.1 Å². The molecule has 17 heavy (non-hydrogen) atoms. The molecule has 0 unspecified atom stereocenters.